The van der Waals surface area contributed by atoms with E-state index in [0.29, 0.717) is 13.2 Å². The van der Waals surface area contributed by atoms with Crippen LogP contribution in [0.1, 0.15) is 27.2 Å². The van der Waals surface area contributed by atoms with E-state index in [-0.39, 0.29) is 11.4 Å². The summed E-state index contributed by atoms with van der Waals surface area (Å²) in [5.74, 6) is -0.480. The Hall–Kier alpha value is -1.34. The molecule has 0 saturated carbocycles. The van der Waals surface area contributed by atoms with Crippen molar-refractivity contribution in [2.24, 2.45) is 0 Å². The van der Waals surface area contributed by atoms with E-state index in [2.05, 4.69) is 10.0 Å². The summed E-state index contributed by atoms with van der Waals surface area (Å²) in [5.41, 5.74) is 0.193. The molecule has 0 spiro atoms. The summed E-state index contributed by atoms with van der Waals surface area (Å²) in [5, 5.41) is 2.44. The Bertz CT molecular complexity index is 549. The maximum atomic E-state index is 13.7. The third-order valence-electron chi connectivity index (χ3n) is 2.88. The van der Waals surface area contributed by atoms with Gasteiger partial charge in [0.25, 0.3) is 0 Å². The molecule has 0 amide bonds. The first kappa shape index (κ1) is 17.7. The molecule has 5 nitrogen and oxygen atoms in total. The van der Waals surface area contributed by atoms with Gasteiger partial charge in [0.05, 0.1) is 17.5 Å². The molecule has 0 bridgehead atoms. The minimum absolute atomic E-state index is 0.109. The predicted octanol–water partition coefficient (Wildman–Crippen LogP) is 2.35. The minimum Gasteiger partial charge on any atom is -0.491 e. The maximum Gasteiger partial charge on any atom is 0.236 e. The van der Waals surface area contributed by atoms with Crippen molar-refractivity contribution in [3.05, 3.63) is 24.0 Å². The number of hydrogen-bond donors (Lipinski definition) is 2. The lowest BCUT2D eigenvalue weighted by Gasteiger charge is -2.16. The van der Waals surface area contributed by atoms with Gasteiger partial charge in [-0.2, -0.15) is 0 Å². The second-order valence-corrected chi connectivity index (χ2v) is 6.84. The van der Waals surface area contributed by atoms with Gasteiger partial charge in [-0.05, 0) is 38.9 Å². The Balaban J connectivity index is 2.72. The summed E-state index contributed by atoms with van der Waals surface area (Å²) in [7, 11) is -3.56. The highest BCUT2D eigenvalue weighted by Gasteiger charge is 2.20. The molecular weight excluding hydrogens is 295 g/mol. The number of sulfonamides is 1. The Morgan fingerprint density at radius 3 is 2.62 bits per heavy atom. The molecule has 2 N–H and O–H groups in total. The Morgan fingerprint density at radius 2 is 2.05 bits per heavy atom. The molecule has 1 aromatic carbocycles. The number of anilines is 1. The Morgan fingerprint density at radius 1 is 1.33 bits per heavy atom. The third-order valence-corrected chi connectivity index (χ3v) is 4.63. The van der Waals surface area contributed by atoms with Gasteiger partial charge < -0.3 is 10.1 Å². The van der Waals surface area contributed by atoms with Crippen LogP contribution in [0.25, 0.3) is 0 Å². The molecule has 1 rings (SSSR count). The van der Waals surface area contributed by atoms with Gasteiger partial charge >= 0.3 is 0 Å². The molecule has 0 heterocycles. The van der Waals surface area contributed by atoms with E-state index < -0.39 is 21.1 Å². The second kappa shape index (κ2) is 8.19. The summed E-state index contributed by atoms with van der Waals surface area (Å²) >= 11 is 0. The number of ether oxygens (including phenoxy) is 1. The van der Waals surface area contributed by atoms with Crippen molar-refractivity contribution < 1.29 is 17.5 Å². The highest BCUT2D eigenvalue weighted by Crippen LogP contribution is 2.22. The molecule has 0 fully saturated rings. The molecule has 0 saturated heterocycles. The Labute approximate surface area is 125 Å². The van der Waals surface area contributed by atoms with Crippen LogP contribution in [-0.4, -0.2) is 33.4 Å². The molecule has 1 atom stereocenters. The zero-order valence-corrected chi connectivity index (χ0v) is 13.5. The van der Waals surface area contributed by atoms with E-state index in [0.717, 1.165) is 19.0 Å². The first-order valence-electron chi connectivity index (χ1n) is 7.05. The molecule has 21 heavy (non-hydrogen) atoms. The summed E-state index contributed by atoms with van der Waals surface area (Å²) in [6.45, 7) is 6.83. The average molecular weight is 318 g/mol. The van der Waals surface area contributed by atoms with Crippen LogP contribution >= 0.6 is 0 Å². The fourth-order valence-electron chi connectivity index (χ4n) is 1.69. The maximum absolute atomic E-state index is 13.7. The molecule has 7 heteroatoms. The first-order chi connectivity index (χ1) is 9.90. The highest BCUT2D eigenvalue weighted by molar-refractivity contribution is 7.93. The molecule has 0 radical (unpaired) electrons. The number of nitrogens with one attached hydrogen (secondary N) is 2. The van der Waals surface area contributed by atoms with Crippen molar-refractivity contribution in [3.8, 4) is 5.75 Å². The largest absolute Gasteiger partial charge is 0.491 e. The van der Waals surface area contributed by atoms with Gasteiger partial charge in [-0.15, -0.1) is 0 Å². The SMILES string of the molecule is CCCNCC(C)S(=O)(=O)Nc1ccc(OCC)c(F)c1. The van der Waals surface area contributed by atoms with Crippen molar-refractivity contribution in [1.29, 1.82) is 0 Å². The summed E-state index contributed by atoms with van der Waals surface area (Å²) in [4.78, 5) is 0. The topological polar surface area (TPSA) is 67.4 Å². The lowest BCUT2D eigenvalue weighted by molar-refractivity contribution is 0.321. The summed E-state index contributed by atoms with van der Waals surface area (Å²) < 4.78 is 45.4. The number of rotatable bonds is 9. The van der Waals surface area contributed by atoms with Gasteiger partial charge in [0, 0.05) is 12.6 Å². The summed E-state index contributed by atoms with van der Waals surface area (Å²) in [6, 6.07) is 4.02. The van der Waals surface area contributed by atoms with E-state index >= 15 is 0 Å². The van der Waals surface area contributed by atoms with Crippen LogP contribution in [0.15, 0.2) is 18.2 Å². The fraction of sp³-hybridized carbons (Fsp3) is 0.571. The van der Waals surface area contributed by atoms with Crippen LogP contribution in [-0.2, 0) is 10.0 Å². The fourth-order valence-corrected chi connectivity index (χ4v) is 2.69. The molecule has 0 aromatic heterocycles. The van der Waals surface area contributed by atoms with Crippen molar-refractivity contribution in [1.82, 2.24) is 5.32 Å². The molecule has 0 aliphatic rings. The van der Waals surface area contributed by atoms with E-state index in [1.54, 1.807) is 13.8 Å². The van der Waals surface area contributed by atoms with E-state index in [9.17, 15) is 12.8 Å². The Kier molecular flexibility index (Phi) is 6.91. The van der Waals surface area contributed by atoms with Crippen molar-refractivity contribution in [3.63, 3.8) is 0 Å². The van der Waals surface area contributed by atoms with E-state index in [1.165, 1.54) is 12.1 Å². The van der Waals surface area contributed by atoms with Gasteiger partial charge in [-0.1, -0.05) is 6.92 Å². The van der Waals surface area contributed by atoms with Gasteiger partial charge in [0.15, 0.2) is 11.6 Å². The molecular formula is C14H23FN2O3S. The second-order valence-electron chi connectivity index (χ2n) is 4.74. The lowest BCUT2D eigenvalue weighted by atomic mass is 10.3. The number of benzene rings is 1. The van der Waals surface area contributed by atoms with E-state index in [1.807, 2.05) is 6.92 Å². The predicted molar refractivity (Wildman–Crippen MR) is 82.7 cm³/mol. The van der Waals surface area contributed by atoms with Crippen LogP contribution in [0.2, 0.25) is 0 Å². The van der Waals surface area contributed by atoms with Crippen LogP contribution < -0.4 is 14.8 Å². The zero-order valence-electron chi connectivity index (χ0n) is 12.6. The van der Waals surface area contributed by atoms with Crippen LogP contribution in [0.4, 0.5) is 10.1 Å². The smallest absolute Gasteiger partial charge is 0.236 e. The van der Waals surface area contributed by atoms with Crippen LogP contribution in [0.5, 0.6) is 5.75 Å². The minimum atomic E-state index is -3.56. The molecule has 1 aromatic rings. The van der Waals surface area contributed by atoms with Crippen molar-refractivity contribution in [2.45, 2.75) is 32.4 Å². The van der Waals surface area contributed by atoms with Crippen LogP contribution in [0.3, 0.4) is 0 Å². The van der Waals surface area contributed by atoms with Crippen molar-refractivity contribution in [2.75, 3.05) is 24.4 Å². The zero-order chi connectivity index (χ0) is 15.9. The molecule has 120 valence electrons. The molecule has 0 aliphatic heterocycles. The van der Waals surface area contributed by atoms with E-state index in [4.69, 9.17) is 4.74 Å². The summed E-state index contributed by atoms with van der Waals surface area (Å²) in [6.07, 6.45) is 0.935. The van der Waals surface area contributed by atoms with Gasteiger partial charge in [0.1, 0.15) is 0 Å². The van der Waals surface area contributed by atoms with Crippen LogP contribution in [0, 0.1) is 5.82 Å². The standard InChI is InChI=1S/C14H23FN2O3S/c1-4-8-16-10-11(3)21(18,19)17-12-6-7-14(20-5-2)13(15)9-12/h6-7,9,11,16-17H,4-5,8,10H2,1-3H3. The number of halogens is 1. The van der Waals surface area contributed by atoms with Gasteiger partial charge in [-0.25, -0.2) is 12.8 Å². The molecule has 1 unspecified atom stereocenters. The molecule has 0 aliphatic carbocycles. The van der Waals surface area contributed by atoms with Gasteiger partial charge in [-0.3, -0.25) is 4.72 Å². The van der Waals surface area contributed by atoms with Gasteiger partial charge in [0.2, 0.25) is 10.0 Å². The normalized spacial score (nSPS) is 13.0. The number of hydrogen-bond acceptors (Lipinski definition) is 4. The van der Waals surface area contributed by atoms with Crippen molar-refractivity contribution >= 4 is 15.7 Å². The quantitative estimate of drug-likeness (QED) is 0.686. The highest BCUT2D eigenvalue weighted by atomic mass is 32.2. The monoisotopic (exact) mass is 318 g/mol. The average Bonchev–Trinajstić information content (AvgIpc) is 2.42. The lowest BCUT2D eigenvalue weighted by Crippen LogP contribution is -2.35. The first-order valence-corrected chi connectivity index (χ1v) is 8.60. The third kappa shape index (κ3) is 5.51.